The van der Waals surface area contributed by atoms with Crippen LogP contribution in [0.2, 0.25) is 5.02 Å². The van der Waals surface area contributed by atoms with E-state index >= 15 is 0 Å². The molecule has 2 aromatic rings. The number of halogens is 2. The van der Waals surface area contributed by atoms with Crippen LogP contribution >= 0.6 is 11.6 Å². The highest BCUT2D eigenvalue weighted by atomic mass is 35.5. The Hall–Kier alpha value is -1.79. The lowest BCUT2D eigenvalue weighted by Crippen LogP contribution is -2.14. The van der Waals surface area contributed by atoms with Gasteiger partial charge in [-0.2, -0.15) is 0 Å². The standard InChI is InChI=1S/C15H15ClFNO3S/c1-2-22(19,20)18-13-6-7-15(14(16)9-13)21-10-11-4-3-5-12(17)8-11/h3-9,18H,2,10H2,1H3. The molecule has 0 bridgehead atoms. The van der Waals surface area contributed by atoms with Crippen LogP contribution in [0.25, 0.3) is 0 Å². The summed E-state index contributed by atoms with van der Waals surface area (Å²) >= 11 is 6.07. The molecule has 4 nitrogen and oxygen atoms in total. The van der Waals surface area contributed by atoms with E-state index in [2.05, 4.69) is 4.72 Å². The van der Waals surface area contributed by atoms with Crippen molar-refractivity contribution >= 4 is 27.3 Å². The summed E-state index contributed by atoms with van der Waals surface area (Å²) in [6, 6.07) is 10.6. The highest BCUT2D eigenvalue weighted by Gasteiger charge is 2.09. The van der Waals surface area contributed by atoms with E-state index in [-0.39, 0.29) is 23.2 Å². The molecule has 2 rings (SSSR count). The number of benzene rings is 2. The fourth-order valence-electron chi connectivity index (χ4n) is 1.72. The molecule has 118 valence electrons. The molecule has 0 fully saturated rings. The lowest BCUT2D eigenvalue weighted by Gasteiger charge is -2.11. The van der Waals surface area contributed by atoms with Crippen LogP contribution in [0.3, 0.4) is 0 Å². The number of ether oxygens (including phenoxy) is 1. The molecule has 0 heterocycles. The van der Waals surface area contributed by atoms with E-state index in [0.717, 1.165) is 0 Å². The van der Waals surface area contributed by atoms with Crippen LogP contribution in [0.5, 0.6) is 5.75 Å². The molecule has 0 amide bonds. The summed E-state index contributed by atoms with van der Waals surface area (Å²) in [5, 5.41) is 0.271. The van der Waals surface area contributed by atoms with Gasteiger partial charge in [-0.3, -0.25) is 4.72 Å². The largest absolute Gasteiger partial charge is 0.487 e. The van der Waals surface area contributed by atoms with Crippen molar-refractivity contribution in [2.75, 3.05) is 10.5 Å². The Morgan fingerprint density at radius 1 is 1.23 bits per heavy atom. The molecule has 0 aromatic heterocycles. The summed E-state index contributed by atoms with van der Waals surface area (Å²) in [5.41, 5.74) is 1.04. The van der Waals surface area contributed by atoms with Crippen molar-refractivity contribution in [3.8, 4) is 5.75 Å². The lowest BCUT2D eigenvalue weighted by atomic mass is 10.2. The molecule has 0 saturated carbocycles. The van der Waals surface area contributed by atoms with Crippen LogP contribution in [0.15, 0.2) is 42.5 Å². The predicted molar refractivity (Wildman–Crippen MR) is 85.3 cm³/mol. The van der Waals surface area contributed by atoms with Gasteiger partial charge in [0.1, 0.15) is 18.2 Å². The number of sulfonamides is 1. The minimum atomic E-state index is -3.35. The second-order valence-electron chi connectivity index (χ2n) is 4.57. The van der Waals surface area contributed by atoms with Gasteiger partial charge >= 0.3 is 0 Å². The second-order valence-corrected chi connectivity index (χ2v) is 6.99. The maximum Gasteiger partial charge on any atom is 0.232 e. The summed E-state index contributed by atoms with van der Waals surface area (Å²) in [5.74, 6) is 0.0320. The Labute approximate surface area is 133 Å². The Morgan fingerprint density at radius 2 is 2.00 bits per heavy atom. The van der Waals surface area contributed by atoms with Crippen molar-refractivity contribution in [1.82, 2.24) is 0 Å². The van der Waals surface area contributed by atoms with Gasteiger partial charge in [0.2, 0.25) is 10.0 Å². The van der Waals surface area contributed by atoms with Gasteiger partial charge in [0.15, 0.2) is 0 Å². The monoisotopic (exact) mass is 343 g/mol. The Morgan fingerprint density at radius 3 is 2.64 bits per heavy atom. The molecule has 7 heteroatoms. The molecule has 0 aliphatic carbocycles. The summed E-state index contributed by atoms with van der Waals surface area (Å²) < 4.78 is 44.0. The molecule has 1 N–H and O–H groups in total. The smallest absolute Gasteiger partial charge is 0.232 e. The van der Waals surface area contributed by atoms with Crippen molar-refractivity contribution < 1.29 is 17.5 Å². The molecule has 0 aliphatic rings. The van der Waals surface area contributed by atoms with Crippen molar-refractivity contribution in [3.63, 3.8) is 0 Å². The highest BCUT2D eigenvalue weighted by Crippen LogP contribution is 2.28. The van der Waals surface area contributed by atoms with Gasteiger partial charge in [-0.05, 0) is 42.8 Å². The van der Waals surface area contributed by atoms with Crippen LogP contribution in [0.1, 0.15) is 12.5 Å². The topological polar surface area (TPSA) is 55.4 Å². The molecular weight excluding hydrogens is 329 g/mol. The van der Waals surface area contributed by atoms with Gasteiger partial charge in [0, 0.05) is 0 Å². The number of nitrogens with one attached hydrogen (secondary N) is 1. The normalized spacial score (nSPS) is 11.2. The van der Waals surface area contributed by atoms with Gasteiger partial charge in [0.25, 0.3) is 0 Å². The van der Waals surface area contributed by atoms with Gasteiger partial charge in [-0.15, -0.1) is 0 Å². The fourth-order valence-corrected chi connectivity index (χ4v) is 2.59. The van der Waals surface area contributed by atoms with Gasteiger partial charge in [-0.1, -0.05) is 23.7 Å². The average molecular weight is 344 g/mol. The Kier molecular flexibility index (Phi) is 5.26. The first-order valence-electron chi connectivity index (χ1n) is 6.57. The molecule has 22 heavy (non-hydrogen) atoms. The van der Waals surface area contributed by atoms with E-state index < -0.39 is 10.0 Å². The second kappa shape index (κ2) is 6.98. The summed E-state index contributed by atoms with van der Waals surface area (Å²) in [6.07, 6.45) is 0. The molecule has 0 unspecified atom stereocenters. The Balaban J connectivity index is 2.07. The third kappa shape index (κ3) is 4.61. The van der Waals surface area contributed by atoms with E-state index in [1.165, 1.54) is 18.2 Å². The van der Waals surface area contributed by atoms with E-state index in [9.17, 15) is 12.8 Å². The number of hydrogen-bond acceptors (Lipinski definition) is 3. The van der Waals surface area contributed by atoms with Crippen LogP contribution in [-0.2, 0) is 16.6 Å². The van der Waals surface area contributed by atoms with Gasteiger partial charge in [-0.25, -0.2) is 12.8 Å². The van der Waals surface area contributed by atoms with Crippen LogP contribution < -0.4 is 9.46 Å². The van der Waals surface area contributed by atoms with E-state index in [0.29, 0.717) is 17.0 Å². The minimum Gasteiger partial charge on any atom is -0.487 e. The van der Waals surface area contributed by atoms with Crippen molar-refractivity contribution in [3.05, 3.63) is 58.9 Å². The number of hydrogen-bond donors (Lipinski definition) is 1. The molecule has 0 aliphatic heterocycles. The first-order chi connectivity index (χ1) is 10.4. The van der Waals surface area contributed by atoms with E-state index in [1.807, 2.05) is 0 Å². The highest BCUT2D eigenvalue weighted by molar-refractivity contribution is 7.92. The van der Waals surface area contributed by atoms with Crippen molar-refractivity contribution in [1.29, 1.82) is 0 Å². The molecule has 2 aromatic carbocycles. The van der Waals surface area contributed by atoms with Gasteiger partial charge in [0.05, 0.1) is 16.5 Å². The van der Waals surface area contributed by atoms with E-state index in [4.69, 9.17) is 16.3 Å². The molecule has 0 radical (unpaired) electrons. The SMILES string of the molecule is CCS(=O)(=O)Nc1ccc(OCc2cccc(F)c2)c(Cl)c1. The molecule has 0 atom stereocenters. The average Bonchev–Trinajstić information content (AvgIpc) is 2.46. The van der Waals surface area contributed by atoms with Crippen molar-refractivity contribution in [2.24, 2.45) is 0 Å². The maximum atomic E-state index is 13.1. The first-order valence-corrected chi connectivity index (χ1v) is 8.60. The fraction of sp³-hybridized carbons (Fsp3) is 0.200. The molecule has 0 spiro atoms. The zero-order chi connectivity index (χ0) is 16.2. The van der Waals surface area contributed by atoms with Crippen LogP contribution in [-0.4, -0.2) is 14.2 Å². The zero-order valence-electron chi connectivity index (χ0n) is 11.8. The molecule has 0 saturated heterocycles. The third-order valence-corrected chi connectivity index (χ3v) is 4.47. The van der Waals surface area contributed by atoms with E-state index in [1.54, 1.807) is 31.2 Å². The number of rotatable bonds is 6. The van der Waals surface area contributed by atoms with Gasteiger partial charge < -0.3 is 4.74 Å². The third-order valence-electron chi connectivity index (χ3n) is 2.87. The summed E-state index contributed by atoms with van der Waals surface area (Å²) in [7, 11) is -3.35. The predicted octanol–water partition coefficient (Wildman–Crippen LogP) is 3.82. The number of anilines is 1. The molecular formula is C15H15ClFNO3S. The Bertz CT molecular complexity index is 765. The zero-order valence-corrected chi connectivity index (χ0v) is 13.4. The quantitative estimate of drug-likeness (QED) is 0.867. The first kappa shape index (κ1) is 16.6. The minimum absolute atomic E-state index is 0.0254. The van der Waals surface area contributed by atoms with Crippen LogP contribution in [0, 0.1) is 5.82 Å². The van der Waals surface area contributed by atoms with Crippen LogP contribution in [0.4, 0.5) is 10.1 Å². The maximum absolute atomic E-state index is 13.1. The lowest BCUT2D eigenvalue weighted by molar-refractivity contribution is 0.306. The summed E-state index contributed by atoms with van der Waals surface area (Å²) in [4.78, 5) is 0. The summed E-state index contributed by atoms with van der Waals surface area (Å²) in [6.45, 7) is 1.71. The van der Waals surface area contributed by atoms with Crippen molar-refractivity contribution in [2.45, 2.75) is 13.5 Å².